The van der Waals surface area contributed by atoms with E-state index < -0.39 is 6.04 Å². The zero-order chi connectivity index (χ0) is 15.2. The lowest BCUT2D eigenvalue weighted by atomic mass is 10.1. The van der Waals surface area contributed by atoms with Crippen LogP contribution in [0.15, 0.2) is 42.5 Å². The van der Waals surface area contributed by atoms with Crippen molar-refractivity contribution in [3.05, 3.63) is 53.6 Å². The molecule has 0 spiro atoms. The van der Waals surface area contributed by atoms with Crippen LogP contribution in [0.2, 0.25) is 0 Å². The van der Waals surface area contributed by atoms with Crippen molar-refractivity contribution in [2.45, 2.75) is 13.0 Å². The van der Waals surface area contributed by atoms with Crippen LogP contribution in [0.25, 0.3) is 0 Å². The van der Waals surface area contributed by atoms with Gasteiger partial charge in [-0.25, -0.2) is 0 Å². The Labute approximate surface area is 124 Å². The smallest absolute Gasteiger partial charge is 0.142 e. The van der Waals surface area contributed by atoms with Gasteiger partial charge in [-0.15, -0.1) is 0 Å². The number of para-hydroxylation sites is 1. The molecule has 1 N–H and O–H groups in total. The summed E-state index contributed by atoms with van der Waals surface area (Å²) in [7, 11) is 3.24. The normalized spacial score (nSPS) is 11.3. The Morgan fingerprint density at radius 1 is 1.05 bits per heavy atom. The number of hydrogen-bond acceptors (Lipinski definition) is 4. The van der Waals surface area contributed by atoms with E-state index in [9.17, 15) is 5.26 Å². The van der Waals surface area contributed by atoms with Crippen molar-refractivity contribution < 1.29 is 9.47 Å². The standard InChI is InChI=1S/C17H18N2O2/c1-12-5-4-6-16(21-3)17(12)19-15(11-18)13-7-9-14(20-2)10-8-13/h4-10,15,19H,1-3H3/t15-/m0/s1. The molecule has 1 atom stereocenters. The summed E-state index contributed by atoms with van der Waals surface area (Å²) >= 11 is 0. The highest BCUT2D eigenvalue weighted by Gasteiger charge is 2.14. The second-order valence-electron chi connectivity index (χ2n) is 4.63. The third-order valence-corrected chi connectivity index (χ3v) is 3.32. The molecule has 0 unspecified atom stereocenters. The van der Waals surface area contributed by atoms with Crippen LogP contribution in [0.1, 0.15) is 17.2 Å². The maximum absolute atomic E-state index is 9.44. The van der Waals surface area contributed by atoms with Gasteiger partial charge in [0.1, 0.15) is 17.5 Å². The highest BCUT2D eigenvalue weighted by atomic mass is 16.5. The minimum absolute atomic E-state index is 0.453. The molecular formula is C17H18N2O2. The molecule has 0 amide bonds. The zero-order valence-corrected chi connectivity index (χ0v) is 12.4. The van der Waals surface area contributed by atoms with Crippen molar-refractivity contribution in [1.82, 2.24) is 0 Å². The minimum atomic E-state index is -0.453. The van der Waals surface area contributed by atoms with Gasteiger partial charge in [0.15, 0.2) is 0 Å². The second-order valence-corrected chi connectivity index (χ2v) is 4.63. The highest BCUT2D eigenvalue weighted by molar-refractivity contribution is 5.63. The molecule has 0 heterocycles. The fraction of sp³-hybridized carbons (Fsp3) is 0.235. The number of hydrogen-bond donors (Lipinski definition) is 1. The molecule has 0 aliphatic carbocycles. The number of nitrogens with zero attached hydrogens (tertiary/aromatic N) is 1. The number of nitrogens with one attached hydrogen (secondary N) is 1. The Bertz CT molecular complexity index is 645. The predicted octanol–water partition coefficient (Wildman–Crippen LogP) is 3.69. The summed E-state index contributed by atoms with van der Waals surface area (Å²) in [6.07, 6.45) is 0. The van der Waals surface area contributed by atoms with Crippen LogP contribution in [0.4, 0.5) is 5.69 Å². The first-order valence-electron chi connectivity index (χ1n) is 6.63. The molecule has 4 nitrogen and oxygen atoms in total. The lowest BCUT2D eigenvalue weighted by molar-refractivity contribution is 0.414. The van der Waals surface area contributed by atoms with E-state index in [0.29, 0.717) is 0 Å². The molecule has 0 aromatic heterocycles. The quantitative estimate of drug-likeness (QED) is 0.908. The predicted molar refractivity (Wildman–Crippen MR) is 82.7 cm³/mol. The summed E-state index contributed by atoms with van der Waals surface area (Å²) in [5, 5.41) is 12.7. The van der Waals surface area contributed by atoms with Crippen molar-refractivity contribution >= 4 is 5.69 Å². The summed E-state index contributed by atoms with van der Waals surface area (Å²) in [4.78, 5) is 0. The van der Waals surface area contributed by atoms with Gasteiger partial charge >= 0.3 is 0 Å². The van der Waals surface area contributed by atoms with Gasteiger partial charge in [0.2, 0.25) is 0 Å². The van der Waals surface area contributed by atoms with E-state index in [2.05, 4.69) is 11.4 Å². The molecule has 0 aliphatic rings. The fourth-order valence-electron chi connectivity index (χ4n) is 2.13. The van der Waals surface area contributed by atoms with Crippen LogP contribution >= 0.6 is 0 Å². The largest absolute Gasteiger partial charge is 0.497 e. The first-order valence-corrected chi connectivity index (χ1v) is 6.63. The molecule has 0 saturated carbocycles. The molecule has 0 saturated heterocycles. The summed E-state index contributed by atoms with van der Waals surface area (Å²) in [6.45, 7) is 1.98. The van der Waals surface area contributed by atoms with Gasteiger partial charge in [0.25, 0.3) is 0 Å². The number of methoxy groups -OCH3 is 2. The van der Waals surface area contributed by atoms with Crippen LogP contribution < -0.4 is 14.8 Å². The number of anilines is 1. The van der Waals surface area contributed by atoms with Gasteiger partial charge in [0.05, 0.1) is 26.0 Å². The molecule has 4 heteroatoms. The van der Waals surface area contributed by atoms with E-state index in [-0.39, 0.29) is 0 Å². The Balaban J connectivity index is 2.29. The topological polar surface area (TPSA) is 54.3 Å². The molecule has 2 aromatic carbocycles. The SMILES string of the molecule is COc1ccc([C@H](C#N)Nc2c(C)cccc2OC)cc1. The van der Waals surface area contributed by atoms with Crippen molar-refractivity contribution in [3.8, 4) is 17.6 Å². The maximum Gasteiger partial charge on any atom is 0.142 e. The fourth-order valence-corrected chi connectivity index (χ4v) is 2.13. The van der Waals surface area contributed by atoms with Gasteiger partial charge in [-0.05, 0) is 36.2 Å². The molecule has 0 radical (unpaired) electrons. The number of aryl methyl sites for hydroxylation is 1. The van der Waals surface area contributed by atoms with Crippen LogP contribution in [-0.4, -0.2) is 14.2 Å². The lowest BCUT2D eigenvalue weighted by Crippen LogP contribution is -2.10. The molecule has 0 bridgehead atoms. The van der Waals surface area contributed by atoms with Crippen molar-refractivity contribution in [3.63, 3.8) is 0 Å². The maximum atomic E-state index is 9.44. The van der Waals surface area contributed by atoms with Gasteiger partial charge in [-0.2, -0.15) is 5.26 Å². The highest BCUT2D eigenvalue weighted by Crippen LogP contribution is 2.31. The molecule has 21 heavy (non-hydrogen) atoms. The monoisotopic (exact) mass is 282 g/mol. The number of rotatable bonds is 5. The van der Waals surface area contributed by atoms with Gasteiger partial charge in [-0.3, -0.25) is 0 Å². The first-order chi connectivity index (χ1) is 10.2. The second kappa shape index (κ2) is 6.67. The van der Waals surface area contributed by atoms with E-state index in [4.69, 9.17) is 9.47 Å². The Hall–Kier alpha value is -2.67. The van der Waals surface area contributed by atoms with E-state index in [1.54, 1.807) is 14.2 Å². The number of ether oxygens (including phenoxy) is 2. The minimum Gasteiger partial charge on any atom is -0.497 e. The van der Waals surface area contributed by atoms with E-state index in [1.165, 1.54) is 0 Å². The number of benzene rings is 2. The van der Waals surface area contributed by atoms with Crippen molar-refractivity contribution in [2.75, 3.05) is 19.5 Å². The van der Waals surface area contributed by atoms with E-state index in [0.717, 1.165) is 28.3 Å². The Morgan fingerprint density at radius 3 is 2.33 bits per heavy atom. The van der Waals surface area contributed by atoms with Crippen LogP contribution in [0.3, 0.4) is 0 Å². The van der Waals surface area contributed by atoms with Crippen molar-refractivity contribution in [2.24, 2.45) is 0 Å². The third kappa shape index (κ3) is 3.26. The Morgan fingerprint density at radius 2 is 1.76 bits per heavy atom. The molecule has 0 fully saturated rings. The average molecular weight is 282 g/mol. The van der Waals surface area contributed by atoms with E-state index in [1.807, 2.05) is 49.4 Å². The summed E-state index contributed by atoms with van der Waals surface area (Å²) in [5.74, 6) is 1.49. The average Bonchev–Trinajstić information content (AvgIpc) is 2.53. The van der Waals surface area contributed by atoms with Gasteiger partial charge in [0, 0.05) is 0 Å². The first kappa shape index (κ1) is 14.7. The molecule has 2 rings (SSSR count). The van der Waals surface area contributed by atoms with Crippen LogP contribution in [-0.2, 0) is 0 Å². The Kier molecular flexibility index (Phi) is 4.68. The van der Waals surface area contributed by atoms with Gasteiger partial charge < -0.3 is 14.8 Å². The summed E-state index contributed by atoms with van der Waals surface area (Å²) in [6, 6.07) is 15.0. The van der Waals surface area contributed by atoms with Crippen LogP contribution in [0, 0.1) is 18.3 Å². The van der Waals surface area contributed by atoms with Gasteiger partial charge in [-0.1, -0.05) is 24.3 Å². The number of nitriles is 1. The molecular weight excluding hydrogens is 264 g/mol. The lowest BCUT2D eigenvalue weighted by Gasteiger charge is -2.18. The third-order valence-electron chi connectivity index (χ3n) is 3.32. The molecule has 108 valence electrons. The van der Waals surface area contributed by atoms with E-state index >= 15 is 0 Å². The molecule has 2 aromatic rings. The zero-order valence-electron chi connectivity index (χ0n) is 12.4. The van der Waals surface area contributed by atoms with Crippen molar-refractivity contribution in [1.29, 1.82) is 5.26 Å². The summed E-state index contributed by atoms with van der Waals surface area (Å²) < 4.78 is 10.5. The van der Waals surface area contributed by atoms with Crippen LogP contribution in [0.5, 0.6) is 11.5 Å². The molecule has 0 aliphatic heterocycles. The summed E-state index contributed by atoms with van der Waals surface area (Å²) in [5.41, 5.74) is 2.74.